The lowest BCUT2D eigenvalue weighted by molar-refractivity contribution is 0.287. The Morgan fingerprint density at radius 3 is 1.77 bits per heavy atom. The molecule has 1 fully saturated rings. The standard InChI is InChI=1S/C21H25N3S2/c1-22(2)19-9-5-17(6-10-19)3-4-18-7-11-20(12-8-18)23-13-15-24(16-14-23)21(25)26/h5-12,21,25-26H,13-16H2,1-2H3. The van der Waals surface area contributed by atoms with E-state index in [4.69, 9.17) is 0 Å². The van der Waals surface area contributed by atoms with Gasteiger partial charge in [0.25, 0.3) is 0 Å². The first kappa shape index (κ1) is 19.0. The Morgan fingerprint density at radius 1 is 0.808 bits per heavy atom. The van der Waals surface area contributed by atoms with Crippen LogP contribution in [0.4, 0.5) is 11.4 Å². The second-order valence-electron chi connectivity index (χ2n) is 6.61. The predicted molar refractivity (Wildman–Crippen MR) is 119 cm³/mol. The van der Waals surface area contributed by atoms with Gasteiger partial charge < -0.3 is 9.80 Å². The zero-order chi connectivity index (χ0) is 18.5. The van der Waals surface area contributed by atoms with Crippen LogP contribution in [0.5, 0.6) is 0 Å². The molecule has 1 heterocycles. The summed E-state index contributed by atoms with van der Waals surface area (Å²) in [4.78, 5) is 6.75. The van der Waals surface area contributed by atoms with E-state index in [-0.39, 0.29) is 4.71 Å². The van der Waals surface area contributed by atoms with E-state index in [1.165, 1.54) is 11.4 Å². The minimum Gasteiger partial charge on any atom is -0.378 e. The fraction of sp³-hybridized carbons (Fsp3) is 0.333. The molecule has 1 aliphatic rings. The first-order valence-electron chi connectivity index (χ1n) is 8.77. The lowest BCUT2D eigenvalue weighted by Gasteiger charge is -2.37. The fourth-order valence-electron chi connectivity index (χ4n) is 2.95. The van der Waals surface area contributed by atoms with Gasteiger partial charge in [0.2, 0.25) is 0 Å². The summed E-state index contributed by atoms with van der Waals surface area (Å²) < 4.78 is 0.0293. The molecule has 26 heavy (non-hydrogen) atoms. The van der Waals surface area contributed by atoms with E-state index >= 15 is 0 Å². The van der Waals surface area contributed by atoms with Crippen molar-refractivity contribution in [3.63, 3.8) is 0 Å². The monoisotopic (exact) mass is 383 g/mol. The Hall–Kier alpha value is -1.74. The molecule has 0 radical (unpaired) electrons. The molecule has 0 saturated carbocycles. The van der Waals surface area contributed by atoms with Crippen LogP contribution >= 0.6 is 25.3 Å². The van der Waals surface area contributed by atoms with Crippen LogP contribution in [0.15, 0.2) is 48.5 Å². The Kier molecular flexibility index (Phi) is 6.42. The molecule has 0 N–H and O–H groups in total. The summed E-state index contributed by atoms with van der Waals surface area (Å²) >= 11 is 8.79. The lowest BCUT2D eigenvalue weighted by atomic mass is 10.1. The molecule has 1 aliphatic heterocycles. The first-order valence-corrected chi connectivity index (χ1v) is 9.81. The van der Waals surface area contributed by atoms with E-state index < -0.39 is 0 Å². The second-order valence-corrected chi connectivity index (χ2v) is 7.99. The van der Waals surface area contributed by atoms with Crippen molar-refractivity contribution in [2.24, 2.45) is 0 Å². The molecule has 0 unspecified atom stereocenters. The van der Waals surface area contributed by atoms with Crippen LogP contribution in [0.25, 0.3) is 0 Å². The molecule has 5 heteroatoms. The summed E-state index contributed by atoms with van der Waals surface area (Å²) in [5.41, 5.74) is 4.50. The highest BCUT2D eigenvalue weighted by molar-refractivity contribution is 7.99. The smallest absolute Gasteiger partial charge is 0.0970 e. The van der Waals surface area contributed by atoms with Gasteiger partial charge in [-0.15, -0.1) is 25.3 Å². The van der Waals surface area contributed by atoms with Crippen LogP contribution < -0.4 is 9.80 Å². The average Bonchev–Trinajstić information content (AvgIpc) is 2.67. The van der Waals surface area contributed by atoms with Crippen molar-refractivity contribution >= 4 is 36.6 Å². The lowest BCUT2D eigenvalue weighted by Crippen LogP contribution is -2.47. The van der Waals surface area contributed by atoms with Crippen LogP contribution in [0.1, 0.15) is 11.1 Å². The zero-order valence-electron chi connectivity index (χ0n) is 15.3. The van der Waals surface area contributed by atoms with E-state index in [1.54, 1.807) is 0 Å². The highest BCUT2D eigenvalue weighted by atomic mass is 32.2. The molecular weight excluding hydrogens is 358 g/mol. The Morgan fingerprint density at radius 2 is 1.31 bits per heavy atom. The summed E-state index contributed by atoms with van der Waals surface area (Å²) in [6.07, 6.45) is 0. The molecule has 0 spiro atoms. The van der Waals surface area contributed by atoms with Crippen LogP contribution in [0, 0.1) is 11.8 Å². The van der Waals surface area contributed by atoms with Gasteiger partial charge in [0, 0.05) is 62.8 Å². The van der Waals surface area contributed by atoms with E-state index in [2.05, 4.69) is 100 Å². The molecule has 0 bridgehead atoms. The normalized spacial score (nSPS) is 14.9. The minimum absolute atomic E-state index is 0.0293. The third-order valence-corrected chi connectivity index (χ3v) is 5.26. The first-order chi connectivity index (χ1) is 12.5. The highest BCUT2D eigenvalue weighted by Gasteiger charge is 2.19. The summed E-state index contributed by atoms with van der Waals surface area (Å²) in [6, 6.07) is 16.8. The second kappa shape index (κ2) is 8.77. The number of nitrogens with zero attached hydrogens (tertiary/aromatic N) is 3. The third-order valence-electron chi connectivity index (χ3n) is 4.61. The summed E-state index contributed by atoms with van der Waals surface area (Å²) in [5.74, 6) is 6.49. The molecule has 1 saturated heterocycles. The Balaban J connectivity index is 1.62. The van der Waals surface area contributed by atoms with Crippen molar-refractivity contribution < 1.29 is 0 Å². The van der Waals surface area contributed by atoms with Crippen molar-refractivity contribution in [2.45, 2.75) is 4.71 Å². The topological polar surface area (TPSA) is 9.72 Å². The van der Waals surface area contributed by atoms with E-state index in [0.29, 0.717) is 0 Å². The maximum atomic E-state index is 4.39. The third kappa shape index (κ3) is 4.91. The largest absolute Gasteiger partial charge is 0.378 e. The van der Waals surface area contributed by atoms with Crippen LogP contribution in [0.2, 0.25) is 0 Å². The average molecular weight is 384 g/mol. The molecule has 0 aliphatic carbocycles. The molecule has 0 amide bonds. The van der Waals surface area contributed by atoms with Gasteiger partial charge in [0.05, 0.1) is 4.71 Å². The molecule has 2 aromatic carbocycles. The fourth-order valence-corrected chi connectivity index (χ4v) is 3.42. The molecule has 2 aromatic rings. The Bertz CT molecular complexity index is 766. The summed E-state index contributed by atoms with van der Waals surface area (Å²) in [7, 11) is 4.08. The van der Waals surface area contributed by atoms with Crippen LogP contribution in [0.3, 0.4) is 0 Å². The number of thiol groups is 2. The Labute approximate surface area is 167 Å². The molecule has 3 rings (SSSR count). The maximum Gasteiger partial charge on any atom is 0.0970 e. The SMILES string of the molecule is CN(C)c1ccc(C#Cc2ccc(N3CCN(C(S)S)CC3)cc2)cc1. The van der Waals surface area contributed by atoms with Crippen LogP contribution in [-0.2, 0) is 0 Å². The number of anilines is 2. The van der Waals surface area contributed by atoms with Crippen molar-refractivity contribution in [1.82, 2.24) is 4.90 Å². The minimum atomic E-state index is 0.0293. The molecule has 0 aromatic heterocycles. The van der Waals surface area contributed by atoms with Crippen molar-refractivity contribution in [2.75, 3.05) is 50.1 Å². The summed E-state index contributed by atoms with van der Waals surface area (Å²) in [5, 5.41) is 0. The number of hydrogen-bond donors (Lipinski definition) is 2. The number of piperazine rings is 1. The molecule has 136 valence electrons. The van der Waals surface area contributed by atoms with Gasteiger partial charge in [-0.25, -0.2) is 0 Å². The number of hydrogen-bond acceptors (Lipinski definition) is 5. The van der Waals surface area contributed by atoms with Crippen molar-refractivity contribution in [1.29, 1.82) is 0 Å². The van der Waals surface area contributed by atoms with Crippen molar-refractivity contribution in [3.8, 4) is 11.8 Å². The van der Waals surface area contributed by atoms with E-state index in [0.717, 1.165) is 37.3 Å². The summed E-state index contributed by atoms with van der Waals surface area (Å²) in [6.45, 7) is 3.98. The van der Waals surface area contributed by atoms with Gasteiger partial charge >= 0.3 is 0 Å². The number of benzene rings is 2. The maximum absolute atomic E-state index is 4.39. The quantitative estimate of drug-likeness (QED) is 0.478. The van der Waals surface area contributed by atoms with Gasteiger partial charge in [0.15, 0.2) is 0 Å². The van der Waals surface area contributed by atoms with Gasteiger partial charge in [0.1, 0.15) is 0 Å². The molecule has 3 nitrogen and oxygen atoms in total. The van der Waals surface area contributed by atoms with E-state index in [1.807, 2.05) is 14.1 Å². The van der Waals surface area contributed by atoms with Gasteiger partial charge in [-0.2, -0.15) is 0 Å². The van der Waals surface area contributed by atoms with Gasteiger partial charge in [-0.3, -0.25) is 4.90 Å². The molecule has 0 atom stereocenters. The van der Waals surface area contributed by atoms with Gasteiger partial charge in [-0.05, 0) is 48.5 Å². The highest BCUT2D eigenvalue weighted by Crippen LogP contribution is 2.19. The van der Waals surface area contributed by atoms with Crippen molar-refractivity contribution in [3.05, 3.63) is 59.7 Å². The van der Waals surface area contributed by atoms with E-state index in [9.17, 15) is 0 Å². The zero-order valence-corrected chi connectivity index (χ0v) is 17.0. The predicted octanol–water partition coefficient (Wildman–Crippen LogP) is 3.42. The van der Waals surface area contributed by atoms with Gasteiger partial charge in [-0.1, -0.05) is 11.8 Å². The number of rotatable bonds is 3. The van der Waals surface area contributed by atoms with Crippen LogP contribution in [-0.4, -0.2) is 49.9 Å². The molecular formula is C21H25N3S2.